The molecular weight excluding hydrogens is 366 g/mol. The molecule has 0 spiro atoms. The molecule has 0 saturated carbocycles. The Balaban J connectivity index is 1.94. The van der Waals surface area contributed by atoms with Crippen LogP contribution in [0.3, 0.4) is 0 Å². The van der Waals surface area contributed by atoms with E-state index in [2.05, 4.69) is 15.0 Å². The van der Waals surface area contributed by atoms with Gasteiger partial charge in [0.2, 0.25) is 5.75 Å². The number of aromatic nitrogens is 3. The molecule has 4 rings (SSSR count). The van der Waals surface area contributed by atoms with Crippen LogP contribution in [-0.4, -0.2) is 30.3 Å². The topological polar surface area (TPSA) is 99.4 Å². The molecule has 4 aromatic rings. The Bertz CT molecular complexity index is 1120. The lowest BCUT2D eigenvalue weighted by Gasteiger charge is -2.10. The first kappa shape index (κ1) is 18.4. The lowest BCUT2D eigenvalue weighted by atomic mass is 10.1. The largest absolute Gasteiger partial charge is 0.504 e. The molecule has 0 aliphatic rings. The first-order valence-corrected chi connectivity index (χ1v) is 9.07. The second-order valence-corrected chi connectivity index (χ2v) is 6.87. The van der Waals surface area contributed by atoms with Gasteiger partial charge >= 0.3 is 0 Å². The molecule has 0 fully saturated rings. The molecule has 1 aromatic heterocycles. The molecule has 6 heteroatoms. The van der Waals surface area contributed by atoms with E-state index in [0.717, 1.165) is 22.3 Å². The van der Waals surface area contributed by atoms with Gasteiger partial charge in [-0.05, 0) is 26.0 Å². The molecule has 0 aliphatic carbocycles. The van der Waals surface area contributed by atoms with E-state index in [4.69, 9.17) is 0 Å². The van der Waals surface area contributed by atoms with E-state index >= 15 is 0 Å². The Morgan fingerprint density at radius 2 is 0.966 bits per heavy atom. The smallest absolute Gasteiger partial charge is 0.201 e. The maximum atomic E-state index is 10.3. The van der Waals surface area contributed by atoms with Crippen molar-refractivity contribution in [2.75, 3.05) is 0 Å². The van der Waals surface area contributed by atoms with Gasteiger partial charge in [0, 0.05) is 11.1 Å². The van der Waals surface area contributed by atoms with Gasteiger partial charge in [-0.15, -0.1) is 0 Å². The molecule has 1 heterocycles. The van der Waals surface area contributed by atoms with Crippen molar-refractivity contribution < 1.29 is 15.3 Å². The van der Waals surface area contributed by atoms with Crippen LogP contribution in [0.25, 0.3) is 34.2 Å². The Morgan fingerprint density at radius 1 is 0.517 bits per heavy atom. The molecule has 0 unspecified atom stereocenters. The summed E-state index contributed by atoms with van der Waals surface area (Å²) in [6.07, 6.45) is 0. The van der Waals surface area contributed by atoms with Crippen LogP contribution < -0.4 is 0 Å². The molecule has 0 amide bonds. The standard InChI is InChI=1S/C23H19N3O3/c1-13-3-7-15(8-4-13)21-24-22(16-9-5-14(2)6-10-16)26-23(25-21)17-11-12-18(27)20(29)19(17)28/h3-12,27-29H,1-2H3. The minimum absolute atomic E-state index is 0.193. The number of phenols is 3. The van der Waals surface area contributed by atoms with E-state index in [1.807, 2.05) is 62.4 Å². The minimum Gasteiger partial charge on any atom is -0.504 e. The second kappa shape index (κ2) is 7.24. The van der Waals surface area contributed by atoms with Gasteiger partial charge in [0.15, 0.2) is 29.0 Å². The molecule has 6 nitrogen and oxygen atoms in total. The van der Waals surface area contributed by atoms with Crippen molar-refractivity contribution >= 4 is 0 Å². The highest BCUT2D eigenvalue weighted by molar-refractivity contribution is 5.73. The van der Waals surface area contributed by atoms with Crippen molar-refractivity contribution in [2.45, 2.75) is 13.8 Å². The van der Waals surface area contributed by atoms with Gasteiger partial charge < -0.3 is 15.3 Å². The summed E-state index contributed by atoms with van der Waals surface area (Å²) in [5, 5.41) is 29.9. The highest BCUT2D eigenvalue weighted by atomic mass is 16.3. The Kier molecular flexibility index (Phi) is 4.60. The van der Waals surface area contributed by atoms with Crippen molar-refractivity contribution in [3.63, 3.8) is 0 Å². The van der Waals surface area contributed by atoms with Crippen molar-refractivity contribution in [2.24, 2.45) is 0 Å². The van der Waals surface area contributed by atoms with Crippen LogP contribution in [0, 0.1) is 13.8 Å². The van der Waals surface area contributed by atoms with Crippen molar-refractivity contribution in [3.05, 3.63) is 71.8 Å². The maximum Gasteiger partial charge on any atom is 0.201 e. The van der Waals surface area contributed by atoms with Crippen molar-refractivity contribution in [1.29, 1.82) is 0 Å². The molecule has 3 N–H and O–H groups in total. The third kappa shape index (κ3) is 3.60. The van der Waals surface area contributed by atoms with E-state index in [1.54, 1.807) is 0 Å². The summed E-state index contributed by atoms with van der Waals surface area (Å²) in [7, 11) is 0. The third-order valence-corrected chi connectivity index (χ3v) is 4.63. The summed E-state index contributed by atoms with van der Waals surface area (Å²) >= 11 is 0. The van der Waals surface area contributed by atoms with E-state index < -0.39 is 17.2 Å². The lowest BCUT2D eigenvalue weighted by Crippen LogP contribution is -2.00. The first-order valence-electron chi connectivity index (χ1n) is 9.07. The van der Waals surface area contributed by atoms with E-state index in [0.29, 0.717) is 11.6 Å². The molecule has 29 heavy (non-hydrogen) atoms. The summed E-state index contributed by atoms with van der Waals surface area (Å²) in [5.74, 6) is -0.440. The van der Waals surface area contributed by atoms with Crippen LogP contribution in [0.15, 0.2) is 60.7 Å². The normalized spacial score (nSPS) is 10.8. The van der Waals surface area contributed by atoms with Gasteiger partial charge in [0.25, 0.3) is 0 Å². The molecule has 0 radical (unpaired) electrons. The van der Waals surface area contributed by atoms with Crippen LogP contribution >= 0.6 is 0 Å². The fourth-order valence-electron chi connectivity index (χ4n) is 2.91. The van der Waals surface area contributed by atoms with Crippen LogP contribution in [0.2, 0.25) is 0 Å². The number of aromatic hydroxyl groups is 3. The number of benzene rings is 3. The zero-order chi connectivity index (χ0) is 20.5. The second-order valence-electron chi connectivity index (χ2n) is 6.87. The molecule has 144 valence electrons. The van der Waals surface area contributed by atoms with E-state index in [9.17, 15) is 15.3 Å². The van der Waals surface area contributed by atoms with Crippen molar-refractivity contribution in [1.82, 2.24) is 15.0 Å². The Hall–Kier alpha value is -3.93. The monoisotopic (exact) mass is 385 g/mol. The third-order valence-electron chi connectivity index (χ3n) is 4.63. The fraction of sp³-hybridized carbons (Fsp3) is 0.0870. The molecule has 0 aliphatic heterocycles. The van der Waals surface area contributed by atoms with Gasteiger partial charge in [0.05, 0.1) is 5.56 Å². The number of hydrogen-bond donors (Lipinski definition) is 3. The van der Waals surface area contributed by atoms with E-state index in [-0.39, 0.29) is 11.4 Å². The number of hydrogen-bond acceptors (Lipinski definition) is 6. The quantitative estimate of drug-likeness (QED) is 0.446. The highest BCUT2D eigenvalue weighted by Crippen LogP contribution is 2.41. The zero-order valence-electron chi connectivity index (χ0n) is 16.0. The Labute approximate surface area is 167 Å². The molecule has 0 saturated heterocycles. The van der Waals surface area contributed by atoms with Crippen LogP contribution in [0.1, 0.15) is 11.1 Å². The fourth-order valence-corrected chi connectivity index (χ4v) is 2.91. The molecule has 0 atom stereocenters. The predicted octanol–water partition coefficient (Wildman–Crippen LogP) is 4.61. The first-order chi connectivity index (χ1) is 13.9. The molecule has 3 aromatic carbocycles. The predicted molar refractivity (Wildman–Crippen MR) is 111 cm³/mol. The average molecular weight is 385 g/mol. The van der Waals surface area contributed by atoms with Gasteiger partial charge in [-0.2, -0.15) is 0 Å². The van der Waals surface area contributed by atoms with E-state index in [1.165, 1.54) is 12.1 Å². The molecular formula is C23H19N3O3. The zero-order valence-corrected chi connectivity index (χ0v) is 16.0. The molecule has 0 bridgehead atoms. The van der Waals surface area contributed by atoms with Crippen LogP contribution in [0.4, 0.5) is 0 Å². The number of aryl methyl sites for hydroxylation is 2. The van der Waals surface area contributed by atoms with Crippen LogP contribution in [-0.2, 0) is 0 Å². The summed E-state index contributed by atoms with van der Waals surface area (Å²) in [5.41, 5.74) is 4.03. The number of phenolic OH excluding ortho intramolecular Hbond substituents is 3. The number of nitrogens with zero attached hydrogens (tertiary/aromatic N) is 3. The van der Waals surface area contributed by atoms with Gasteiger partial charge in [0.1, 0.15) is 0 Å². The van der Waals surface area contributed by atoms with Gasteiger partial charge in [-0.1, -0.05) is 59.7 Å². The summed E-state index contributed by atoms with van der Waals surface area (Å²) < 4.78 is 0. The summed E-state index contributed by atoms with van der Waals surface area (Å²) in [4.78, 5) is 13.6. The van der Waals surface area contributed by atoms with Crippen molar-refractivity contribution in [3.8, 4) is 51.4 Å². The summed E-state index contributed by atoms with van der Waals surface area (Å²) in [6.45, 7) is 4.00. The minimum atomic E-state index is -0.614. The average Bonchev–Trinajstić information content (AvgIpc) is 2.73. The highest BCUT2D eigenvalue weighted by Gasteiger charge is 2.18. The maximum absolute atomic E-state index is 10.3. The van der Waals surface area contributed by atoms with Crippen LogP contribution in [0.5, 0.6) is 17.2 Å². The number of rotatable bonds is 3. The van der Waals surface area contributed by atoms with Gasteiger partial charge in [-0.3, -0.25) is 0 Å². The summed E-state index contributed by atoms with van der Waals surface area (Å²) in [6, 6.07) is 18.3. The lowest BCUT2D eigenvalue weighted by molar-refractivity contribution is 0.369. The van der Waals surface area contributed by atoms with Gasteiger partial charge in [-0.25, -0.2) is 15.0 Å². The Morgan fingerprint density at radius 3 is 1.45 bits per heavy atom. The SMILES string of the molecule is Cc1ccc(-c2nc(-c3ccc(C)cc3)nc(-c3ccc(O)c(O)c3O)n2)cc1.